The number of imidazole rings is 1. The summed E-state index contributed by atoms with van der Waals surface area (Å²) in [6, 6.07) is 3.42. The van der Waals surface area contributed by atoms with Crippen LogP contribution in [0.15, 0.2) is 30.6 Å². The molecule has 0 bridgehead atoms. The maximum Gasteiger partial charge on any atom is 0.408 e. The number of likely N-dealkylation sites (tertiary alicyclic amines) is 1. The van der Waals surface area contributed by atoms with Gasteiger partial charge in [-0.1, -0.05) is 32.4 Å². The Morgan fingerprint density at radius 1 is 1.10 bits per heavy atom. The number of benzene rings is 1. The molecule has 52 heavy (non-hydrogen) atoms. The van der Waals surface area contributed by atoms with Crippen LogP contribution in [0.5, 0.6) is 23.4 Å². The molecule has 4 N–H and O–H groups in total. The van der Waals surface area contributed by atoms with Crippen molar-refractivity contribution in [1.29, 1.82) is 0 Å². The monoisotopic (exact) mass is 739 g/mol. The van der Waals surface area contributed by atoms with E-state index in [0.29, 0.717) is 60.6 Å². The third kappa shape index (κ3) is 8.16. The fourth-order valence-corrected chi connectivity index (χ4v) is 7.67. The van der Waals surface area contributed by atoms with Crippen molar-refractivity contribution >= 4 is 40.4 Å². The van der Waals surface area contributed by atoms with Crippen LogP contribution in [0, 0.1) is 17.3 Å². The average molecular weight is 740 g/mol. The number of pyridine rings is 1. The van der Waals surface area contributed by atoms with Crippen molar-refractivity contribution in [2.75, 3.05) is 46.0 Å². The van der Waals surface area contributed by atoms with Gasteiger partial charge in [0.15, 0.2) is 0 Å². The van der Waals surface area contributed by atoms with Crippen molar-refractivity contribution in [3.63, 3.8) is 0 Å². The number of H-pyrrole nitrogens is 1. The van der Waals surface area contributed by atoms with Crippen molar-refractivity contribution in [1.82, 2.24) is 30.1 Å². The van der Waals surface area contributed by atoms with Crippen molar-refractivity contribution in [2.24, 2.45) is 23.0 Å². The summed E-state index contributed by atoms with van der Waals surface area (Å²) in [4.78, 5) is 55.3. The molecule has 0 spiro atoms. The minimum atomic E-state index is -0.980. The zero-order valence-corrected chi connectivity index (χ0v) is 30.4. The number of morpholine rings is 1. The molecule has 1 unspecified atom stereocenters. The summed E-state index contributed by atoms with van der Waals surface area (Å²) in [5.41, 5.74) is 5.52. The van der Waals surface area contributed by atoms with Gasteiger partial charge >= 0.3 is 6.09 Å². The standard InChI is InChI=1S/C36H46ClN7O8/c1-36(2,3)31(42-35(47)51-22-15-20-14-21(20)16-22)33(46)44-19-23(17-25(44)32(38)45)50-27-18-28(52-34-39-6-7-40-34)41-30-24(27)4-5-26(29(30)37)49-13-10-43-8-11-48-12-9-43/h4-7,18,20-23,25,31H,8-17,19H2,1-3H3,(H2,38,45)(H,39,40)(H,42,47)/t20-,21+,22?,23-,25+,31-/m1/s1. The molecule has 4 heterocycles. The highest BCUT2D eigenvalue weighted by Gasteiger charge is 2.48. The number of nitrogens with one attached hydrogen (secondary N) is 2. The summed E-state index contributed by atoms with van der Waals surface area (Å²) in [5.74, 6) is 1.11. The number of alkyl carbamates (subject to hydrolysis) is 1. The van der Waals surface area contributed by atoms with E-state index in [1.54, 1.807) is 30.6 Å². The molecule has 4 aliphatic rings. The topological polar surface area (TPSA) is 183 Å². The molecule has 16 heteroatoms. The number of primary amides is 1. The highest BCUT2D eigenvalue weighted by Crippen LogP contribution is 2.52. The molecule has 2 aromatic heterocycles. The number of carbonyl (C=O) groups is 3. The van der Waals surface area contributed by atoms with Gasteiger partial charge in [0.1, 0.15) is 52.9 Å². The normalized spacial score (nSPS) is 25.0. The van der Waals surface area contributed by atoms with Gasteiger partial charge in [-0.2, -0.15) is 0 Å². The predicted octanol–water partition coefficient (Wildman–Crippen LogP) is 3.89. The van der Waals surface area contributed by atoms with Gasteiger partial charge in [-0.15, -0.1) is 0 Å². The molecule has 6 atom stereocenters. The number of hydrogen-bond donors (Lipinski definition) is 3. The molecule has 2 aliphatic carbocycles. The fraction of sp³-hybridized carbons (Fsp3) is 0.583. The lowest BCUT2D eigenvalue weighted by atomic mass is 9.85. The molecule has 15 nitrogen and oxygen atoms in total. The lowest BCUT2D eigenvalue weighted by Gasteiger charge is -2.35. The largest absolute Gasteiger partial charge is 0.491 e. The molecule has 2 saturated carbocycles. The van der Waals surface area contributed by atoms with E-state index in [1.165, 1.54) is 11.3 Å². The van der Waals surface area contributed by atoms with Gasteiger partial charge in [-0.3, -0.25) is 14.5 Å². The van der Waals surface area contributed by atoms with Crippen LogP contribution in [0.2, 0.25) is 5.02 Å². The van der Waals surface area contributed by atoms with Gasteiger partial charge in [-0.05, 0) is 48.6 Å². The summed E-state index contributed by atoms with van der Waals surface area (Å²) in [5, 5.41) is 3.64. The Kier molecular flexibility index (Phi) is 10.4. The van der Waals surface area contributed by atoms with Crippen LogP contribution in [0.25, 0.3) is 10.9 Å². The van der Waals surface area contributed by atoms with Crippen LogP contribution in [0.1, 0.15) is 46.5 Å². The molecule has 3 aromatic rings. The van der Waals surface area contributed by atoms with Crippen LogP contribution in [0.4, 0.5) is 4.79 Å². The number of nitrogens with zero attached hydrogens (tertiary/aromatic N) is 4. The number of aromatic amines is 1. The minimum absolute atomic E-state index is 0.0381. The van der Waals surface area contributed by atoms with Crippen molar-refractivity contribution < 1.29 is 38.1 Å². The molecule has 1 aromatic carbocycles. The summed E-state index contributed by atoms with van der Waals surface area (Å²) >= 11 is 6.90. The maximum atomic E-state index is 14.2. The van der Waals surface area contributed by atoms with E-state index in [2.05, 4.69) is 25.2 Å². The first kappa shape index (κ1) is 36.0. The molecule has 0 radical (unpaired) electrons. The molecule has 2 aliphatic heterocycles. The van der Waals surface area contributed by atoms with Crippen LogP contribution in [-0.2, 0) is 19.1 Å². The third-order valence-electron chi connectivity index (χ3n) is 10.3. The second kappa shape index (κ2) is 15.0. The second-order valence-corrected chi connectivity index (χ2v) is 15.5. The van der Waals surface area contributed by atoms with E-state index < -0.39 is 41.5 Å². The van der Waals surface area contributed by atoms with E-state index in [1.807, 2.05) is 20.8 Å². The summed E-state index contributed by atoms with van der Waals surface area (Å²) < 4.78 is 29.6. The maximum absolute atomic E-state index is 14.2. The van der Waals surface area contributed by atoms with Crippen LogP contribution in [0.3, 0.4) is 0 Å². The zero-order chi connectivity index (χ0) is 36.6. The van der Waals surface area contributed by atoms with Gasteiger partial charge in [0.05, 0.1) is 19.8 Å². The van der Waals surface area contributed by atoms with Gasteiger partial charge in [-0.25, -0.2) is 14.8 Å². The Hall–Kier alpha value is -4.34. The van der Waals surface area contributed by atoms with E-state index in [4.69, 9.17) is 41.0 Å². The number of aromatic nitrogens is 3. The van der Waals surface area contributed by atoms with E-state index in [0.717, 1.165) is 25.9 Å². The Labute approximate surface area is 306 Å². The number of hydrogen-bond acceptors (Lipinski definition) is 11. The number of amides is 3. The lowest BCUT2D eigenvalue weighted by Crippen LogP contribution is -2.57. The predicted molar refractivity (Wildman–Crippen MR) is 189 cm³/mol. The molecular formula is C36H46ClN7O8. The Morgan fingerprint density at radius 2 is 1.87 bits per heavy atom. The highest BCUT2D eigenvalue weighted by atomic mass is 35.5. The molecule has 7 rings (SSSR count). The molecular weight excluding hydrogens is 694 g/mol. The van der Waals surface area contributed by atoms with Crippen LogP contribution in [-0.4, -0.2) is 113 Å². The number of ether oxygens (including phenoxy) is 5. The first-order chi connectivity index (χ1) is 24.9. The molecule has 3 amide bonds. The van der Waals surface area contributed by atoms with Gasteiger partial charge < -0.3 is 44.6 Å². The number of rotatable bonds is 12. The third-order valence-corrected chi connectivity index (χ3v) is 10.6. The average Bonchev–Trinajstić information content (AvgIpc) is 3.46. The first-order valence-electron chi connectivity index (χ1n) is 17.9. The molecule has 4 fully saturated rings. The SMILES string of the molecule is CC(C)(C)[C@H](NC(=O)OC1C[C@@H]2C[C@@H]2C1)C(=O)N1C[C@H](Oc2cc(Oc3ncc[nH]3)nc3c(Cl)c(OCCN4CCOCC4)ccc23)C[C@H]1C(N)=O. The van der Waals surface area contributed by atoms with Gasteiger partial charge in [0.2, 0.25) is 17.7 Å². The van der Waals surface area contributed by atoms with Gasteiger partial charge in [0.25, 0.3) is 6.01 Å². The number of fused-ring (bicyclic) bond motifs is 2. The van der Waals surface area contributed by atoms with Gasteiger partial charge in [0, 0.05) is 49.9 Å². The first-order valence-corrected chi connectivity index (χ1v) is 18.3. The quantitative estimate of drug-likeness (QED) is 0.245. The summed E-state index contributed by atoms with van der Waals surface area (Å²) in [7, 11) is 0. The van der Waals surface area contributed by atoms with Crippen molar-refractivity contribution in [3.05, 3.63) is 35.6 Å². The van der Waals surface area contributed by atoms with E-state index >= 15 is 0 Å². The van der Waals surface area contributed by atoms with Crippen molar-refractivity contribution in [2.45, 2.75) is 70.7 Å². The Bertz CT molecular complexity index is 1770. The Balaban J connectivity index is 1.10. The number of halogens is 1. The smallest absolute Gasteiger partial charge is 0.408 e. The Morgan fingerprint density at radius 3 is 2.56 bits per heavy atom. The van der Waals surface area contributed by atoms with E-state index in [-0.39, 0.29) is 36.0 Å². The number of nitrogens with two attached hydrogens (primary N) is 1. The minimum Gasteiger partial charge on any atom is -0.491 e. The summed E-state index contributed by atoms with van der Waals surface area (Å²) in [6.07, 6.45) is 4.76. The second-order valence-electron chi connectivity index (χ2n) is 15.1. The van der Waals surface area contributed by atoms with Crippen LogP contribution >= 0.6 is 11.6 Å². The molecule has 2 saturated heterocycles. The molecule has 280 valence electrons. The fourth-order valence-electron chi connectivity index (χ4n) is 7.41. The van der Waals surface area contributed by atoms with Crippen LogP contribution < -0.4 is 25.3 Å². The number of carbonyl (C=O) groups excluding carboxylic acids is 3. The van der Waals surface area contributed by atoms with Crippen molar-refractivity contribution in [3.8, 4) is 23.4 Å². The highest BCUT2D eigenvalue weighted by molar-refractivity contribution is 6.36. The lowest BCUT2D eigenvalue weighted by molar-refractivity contribution is -0.141. The van der Waals surface area contributed by atoms with E-state index in [9.17, 15) is 14.4 Å². The summed E-state index contributed by atoms with van der Waals surface area (Å²) in [6.45, 7) is 9.77. The zero-order valence-electron chi connectivity index (χ0n) is 29.6.